The van der Waals surface area contributed by atoms with Crippen molar-refractivity contribution < 1.29 is 17.6 Å². The Labute approximate surface area is 126 Å². The Bertz CT molecular complexity index is 562. The van der Waals surface area contributed by atoms with E-state index < -0.39 is 10.0 Å². The molecule has 0 atom stereocenters. The third-order valence-electron chi connectivity index (χ3n) is 3.83. The molecule has 0 aromatic carbocycles. The van der Waals surface area contributed by atoms with Crippen molar-refractivity contribution in [2.24, 2.45) is 0 Å². The van der Waals surface area contributed by atoms with Crippen molar-refractivity contribution in [1.29, 1.82) is 0 Å². The van der Waals surface area contributed by atoms with E-state index in [1.165, 1.54) is 4.31 Å². The molecule has 0 aliphatic carbocycles. The van der Waals surface area contributed by atoms with Gasteiger partial charge in [-0.2, -0.15) is 4.31 Å². The number of rotatable bonds is 6. The van der Waals surface area contributed by atoms with E-state index in [1.807, 2.05) is 6.92 Å². The van der Waals surface area contributed by atoms with Crippen LogP contribution in [0.25, 0.3) is 0 Å². The quantitative estimate of drug-likeness (QED) is 0.861. The summed E-state index contributed by atoms with van der Waals surface area (Å²) in [6.45, 7) is 6.26. The Hall–Kier alpha value is -0.890. The average Bonchev–Trinajstić information content (AvgIpc) is 2.87. The monoisotopic (exact) mass is 316 g/mol. The summed E-state index contributed by atoms with van der Waals surface area (Å²) in [4.78, 5) is 0.268. The highest BCUT2D eigenvalue weighted by Gasteiger charge is 2.32. The van der Waals surface area contributed by atoms with Crippen LogP contribution in [0.2, 0.25) is 0 Å². The molecule has 1 N–H and O–H groups in total. The number of hydrogen-bond donors (Lipinski definition) is 1. The zero-order valence-corrected chi connectivity index (χ0v) is 13.7. The molecule has 0 bridgehead atoms. The number of hydrogen-bond acceptors (Lipinski definition) is 5. The zero-order valence-electron chi connectivity index (χ0n) is 12.9. The third-order valence-corrected chi connectivity index (χ3v) is 5.85. The van der Waals surface area contributed by atoms with Crippen LogP contribution in [-0.4, -0.2) is 45.6 Å². The lowest BCUT2D eigenvalue weighted by Gasteiger charge is -2.30. The van der Waals surface area contributed by atoms with Gasteiger partial charge in [0, 0.05) is 32.4 Å². The molecule has 21 heavy (non-hydrogen) atoms. The largest absolute Gasteiger partial charge is 0.464 e. The van der Waals surface area contributed by atoms with Gasteiger partial charge in [-0.1, -0.05) is 6.92 Å². The van der Waals surface area contributed by atoms with Crippen molar-refractivity contribution in [3.63, 3.8) is 0 Å². The van der Waals surface area contributed by atoms with Crippen molar-refractivity contribution in [2.45, 2.75) is 44.2 Å². The number of sulfonamides is 1. The molecule has 2 rings (SSSR count). The summed E-state index contributed by atoms with van der Waals surface area (Å²) >= 11 is 0. The van der Waals surface area contributed by atoms with Gasteiger partial charge in [0.15, 0.2) is 0 Å². The fraction of sp³-hybridized carbons (Fsp3) is 0.714. The summed E-state index contributed by atoms with van der Waals surface area (Å²) in [7, 11) is -1.88. The molecular formula is C14H24N2O4S. The highest BCUT2D eigenvalue weighted by Crippen LogP contribution is 2.26. The van der Waals surface area contributed by atoms with Crippen LogP contribution in [0.1, 0.15) is 31.3 Å². The molecule has 1 fully saturated rings. The fourth-order valence-corrected chi connectivity index (χ4v) is 4.11. The molecule has 0 spiro atoms. The highest BCUT2D eigenvalue weighted by molar-refractivity contribution is 7.89. The van der Waals surface area contributed by atoms with E-state index in [-0.39, 0.29) is 10.9 Å². The Morgan fingerprint density at radius 3 is 2.67 bits per heavy atom. The number of nitrogens with one attached hydrogen (secondary N) is 1. The molecule has 120 valence electrons. The van der Waals surface area contributed by atoms with E-state index in [0.29, 0.717) is 31.3 Å². The summed E-state index contributed by atoms with van der Waals surface area (Å²) in [6.07, 6.45) is 1.47. The first kappa shape index (κ1) is 16.5. The Balaban J connectivity index is 2.19. The second kappa shape index (κ2) is 6.91. The van der Waals surface area contributed by atoms with Gasteiger partial charge in [-0.15, -0.1) is 0 Å². The average molecular weight is 316 g/mol. The molecule has 0 radical (unpaired) electrons. The molecule has 2 heterocycles. The first-order valence-corrected chi connectivity index (χ1v) is 8.76. The maximum atomic E-state index is 12.7. The lowest BCUT2D eigenvalue weighted by molar-refractivity contribution is 0.0632. The first-order chi connectivity index (χ1) is 9.96. The van der Waals surface area contributed by atoms with Crippen LogP contribution < -0.4 is 5.32 Å². The molecule has 1 saturated heterocycles. The molecule has 1 aliphatic heterocycles. The number of furan rings is 1. The van der Waals surface area contributed by atoms with Crippen LogP contribution in [0.4, 0.5) is 0 Å². The highest BCUT2D eigenvalue weighted by atomic mass is 32.2. The standard InChI is InChI=1S/C14H24N2O4S/c1-4-15-10-13-9-14(11(2)20-13)21(17,18)16(3)12-5-7-19-8-6-12/h9,12,15H,4-8,10H2,1-3H3. The Morgan fingerprint density at radius 1 is 1.38 bits per heavy atom. The molecule has 6 nitrogen and oxygen atoms in total. The molecule has 1 aliphatic rings. The van der Waals surface area contributed by atoms with Crippen molar-refractivity contribution in [1.82, 2.24) is 9.62 Å². The predicted molar refractivity (Wildman–Crippen MR) is 79.6 cm³/mol. The molecule has 0 saturated carbocycles. The summed E-state index contributed by atoms with van der Waals surface area (Å²) in [6, 6.07) is 1.62. The van der Waals surface area contributed by atoms with Gasteiger partial charge in [-0.25, -0.2) is 8.42 Å². The minimum Gasteiger partial charge on any atom is -0.464 e. The SMILES string of the molecule is CCNCc1cc(S(=O)(=O)N(C)C2CCOCC2)c(C)o1. The van der Waals surface area contributed by atoms with E-state index in [2.05, 4.69) is 5.32 Å². The fourth-order valence-electron chi connectivity index (χ4n) is 2.52. The van der Waals surface area contributed by atoms with Crippen molar-refractivity contribution >= 4 is 10.0 Å². The number of aryl methyl sites for hydroxylation is 1. The van der Waals surface area contributed by atoms with Crippen LogP contribution in [0.3, 0.4) is 0 Å². The van der Waals surface area contributed by atoms with Gasteiger partial charge in [-0.3, -0.25) is 0 Å². The summed E-state index contributed by atoms with van der Waals surface area (Å²) in [5, 5.41) is 3.13. The van der Waals surface area contributed by atoms with Gasteiger partial charge >= 0.3 is 0 Å². The lowest BCUT2D eigenvalue weighted by atomic mass is 10.1. The van der Waals surface area contributed by atoms with Crippen molar-refractivity contribution in [3.05, 3.63) is 17.6 Å². The summed E-state index contributed by atoms with van der Waals surface area (Å²) < 4.78 is 37.8. The van der Waals surface area contributed by atoms with Crippen LogP contribution in [0.5, 0.6) is 0 Å². The van der Waals surface area contributed by atoms with E-state index >= 15 is 0 Å². The minimum absolute atomic E-state index is 0.00438. The normalized spacial score (nSPS) is 17.5. The second-order valence-electron chi connectivity index (χ2n) is 5.28. The first-order valence-electron chi connectivity index (χ1n) is 7.32. The Kier molecular flexibility index (Phi) is 5.43. The van der Waals surface area contributed by atoms with Gasteiger partial charge < -0.3 is 14.5 Å². The maximum absolute atomic E-state index is 12.7. The third kappa shape index (κ3) is 3.66. The summed E-state index contributed by atoms with van der Waals surface area (Å²) in [5.74, 6) is 1.09. The Morgan fingerprint density at radius 2 is 2.05 bits per heavy atom. The molecule has 1 aromatic rings. The molecule has 0 unspecified atom stereocenters. The number of nitrogens with zero attached hydrogens (tertiary/aromatic N) is 1. The van der Waals surface area contributed by atoms with Gasteiger partial charge in [0.05, 0.1) is 6.54 Å². The zero-order chi connectivity index (χ0) is 15.5. The molecule has 7 heteroatoms. The minimum atomic E-state index is -3.52. The van der Waals surface area contributed by atoms with Gasteiger partial charge in [-0.05, 0) is 26.3 Å². The number of ether oxygens (including phenoxy) is 1. The molecule has 1 aromatic heterocycles. The second-order valence-corrected chi connectivity index (χ2v) is 7.24. The van der Waals surface area contributed by atoms with Gasteiger partial charge in [0.1, 0.15) is 16.4 Å². The summed E-state index contributed by atoms with van der Waals surface area (Å²) in [5.41, 5.74) is 0. The van der Waals surface area contributed by atoms with Crippen molar-refractivity contribution in [2.75, 3.05) is 26.8 Å². The van der Waals surface area contributed by atoms with E-state index in [9.17, 15) is 8.42 Å². The smallest absolute Gasteiger partial charge is 0.246 e. The van der Waals surface area contributed by atoms with E-state index in [4.69, 9.17) is 9.15 Å². The van der Waals surface area contributed by atoms with E-state index in [1.54, 1.807) is 20.0 Å². The molecular weight excluding hydrogens is 292 g/mol. The molecule has 0 amide bonds. The lowest BCUT2D eigenvalue weighted by Crippen LogP contribution is -2.40. The van der Waals surface area contributed by atoms with Crippen LogP contribution in [0, 0.1) is 6.92 Å². The van der Waals surface area contributed by atoms with E-state index in [0.717, 1.165) is 19.4 Å². The van der Waals surface area contributed by atoms with Crippen LogP contribution in [0.15, 0.2) is 15.4 Å². The maximum Gasteiger partial charge on any atom is 0.246 e. The van der Waals surface area contributed by atoms with Crippen LogP contribution >= 0.6 is 0 Å². The predicted octanol–water partition coefficient (Wildman–Crippen LogP) is 1.50. The van der Waals surface area contributed by atoms with Crippen LogP contribution in [-0.2, 0) is 21.3 Å². The van der Waals surface area contributed by atoms with Crippen molar-refractivity contribution in [3.8, 4) is 0 Å². The van der Waals surface area contributed by atoms with Gasteiger partial charge in [0.2, 0.25) is 10.0 Å². The topological polar surface area (TPSA) is 71.8 Å². The van der Waals surface area contributed by atoms with Gasteiger partial charge in [0.25, 0.3) is 0 Å².